The monoisotopic (exact) mass is 355 g/mol. The summed E-state index contributed by atoms with van der Waals surface area (Å²) < 4.78 is 1.70. The van der Waals surface area contributed by atoms with Crippen LogP contribution in [0, 0.1) is 6.92 Å². The number of nitrogens with one attached hydrogen (secondary N) is 1. The molecule has 1 unspecified atom stereocenters. The number of carbonyl (C=O) groups excluding carboxylic acids is 1. The van der Waals surface area contributed by atoms with Crippen LogP contribution in [0.25, 0.3) is 5.69 Å². The highest BCUT2D eigenvalue weighted by molar-refractivity contribution is 7.13. The third-order valence-electron chi connectivity index (χ3n) is 3.94. The van der Waals surface area contributed by atoms with E-state index in [9.17, 15) is 4.79 Å². The summed E-state index contributed by atoms with van der Waals surface area (Å²) in [6, 6.07) is 7.80. The fraction of sp³-hybridized carbons (Fsp3) is 0.333. The summed E-state index contributed by atoms with van der Waals surface area (Å²) in [5.41, 5.74) is 2.75. The molecule has 130 valence electrons. The van der Waals surface area contributed by atoms with Crippen LogP contribution in [0.15, 0.2) is 36.9 Å². The van der Waals surface area contributed by atoms with Crippen LogP contribution in [0.3, 0.4) is 0 Å². The van der Waals surface area contributed by atoms with Crippen LogP contribution in [0.4, 0.5) is 0 Å². The van der Waals surface area contributed by atoms with E-state index in [4.69, 9.17) is 0 Å². The second-order valence-electron chi connectivity index (χ2n) is 6.25. The molecule has 0 fully saturated rings. The Morgan fingerprint density at radius 1 is 1.20 bits per heavy atom. The molecule has 0 aliphatic heterocycles. The Morgan fingerprint density at radius 3 is 2.48 bits per heavy atom. The molecule has 3 aromatic rings. The lowest BCUT2D eigenvalue weighted by molar-refractivity contribution is 0.0943. The van der Waals surface area contributed by atoms with Crippen LogP contribution < -0.4 is 5.32 Å². The number of aryl methyl sites for hydroxylation is 1. The SMILES string of the molecule is Cc1nc(C(C)C)sc1C(=O)NC(C)c1ccc(-n2cncn2)cc1. The van der Waals surface area contributed by atoms with Crippen molar-refractivity contribution in [3.63, 3.8) is 0 Å². The molecule has 2 heterocycles. The first-order chi connectivity index (χ1) is 12.0. The maximum Gasteiger partial charge on any atom is 0.263 e. The molecule has 1 amide bonds. The van der Waals surface area contributed by atoms with Gasteiger partial charge in [-0.3, -0.25) is 4.79 Å². The molecule has 0 saturated carbocycles. The van der Waals surface area contributed by atoms with E-state index in [0.29, 0.717) is 10.8 Å². The smallest absolute Gasteiger partial charge is 0.263 e. The van der Waals surface area contributed by atoms with Gasteiger partial charge in [0, 0.05) is 5.92 Å². The maximum absolute atomic E-state index is 12.6. The van der Waals surface area contributed by atoms with Crippen LogP contribution in [0.5, 0.6) is 0 Å². The van der Waals surface area contributed by atoms with E-state index in [-0.39, 0.29) is 11.9 Å². The first-order valence-corrected chi connectivity index (χ1v) is 9.00. The Kier molecular flexibility index (Phi) is 4.94. The number of amides is 1. The zero-order valence-electron chi connectivity index (χ0n) is 14.7. The summed E-state index contributed by atoms with van der Waals surface area (Å²) in [6.45, 7) is 8.02. The van der Waals surface area contributed by atoms with E-state index >= 15 is 0 Å². The molecule has 1 atom stereocenters. The van der Waals surface area contributed by atoms with Gasteiger partial charge >= 0.3 is 0 Å². The van der Waals surface area contributed by atoms with E-state index in [1.54, 1.807) is 11.0 Å². The van der Waals surface area contributed by atoms with Crippen molar-refractivity contribution < 1.29 is 4.79 Å². The highest BCUT2D eigenvalue weighted by atomic mass is 32.1. The van der Waals surface area contributed by atoms with E-state index in [2.05, 4.69) is 34.2 Å². The second kappa shape index (κ2) is 7.14. The Morgan fingerprint density at radius 2 is 1.92 bits per heavy atom. The van der Waals surface area contributed by atoms with E-state index in [1.165, 1.54) is 17.7 Å². The van der Waals surface area contributed by atoms with Crippen molar-refractivity contribution in [2.75, 3.05) is 0 Å². The first-order valence-electron chi connectivity index (χ1n) is 8.19. The number of rotatable bonds is 5. The van der Waals surface area contributed by atoms with Crippen molar-refractivity contribution in [1.29, 1.82) is 0 Å². The largest absolute Gasteiger partial charge is 0.345 e. The molecule has 0 saturated heterocycles. The summed E-state index contributed by atoms with van der Waals surface area (Å²) in [6.07, 6.45) is 3.15. The number of benzene rings is 1. The van der Waals surface area contributed by atoms with E-state index in [0.717, 1.165) is 22.0 Å². The van der Waals surface area contributed by atoms with Crippen LogP contribution in [0.1, 0.15) is 58.7 Å². The Labute approximate surface area is 150 Å². The molecule has 25 heavy (non-hydrogen) atoms. The predicted molar refractivity (Wildman–Crippen MR) is 98.2 cm³/mol. The Balaban J connectivity index is 1.71. The zero-order chi connectivity index (χ0) is 18.0. The molecule has 2 aromatic heterocycles. The normalized spacial score (nSPS) is 12.4. The molecule has 0 radical (unpaired) electrons. The molecular formula is C18H21N5OS. The predicted octanol–water partition coefficient (Wildman–Crippen LogP) is 3.65. The van der Waals surface area contributed by atoms with Gasteiger partial charge in [-0.25, -0.2) is 14.6 Å². The number of hydrogen-bond donors (Lipinski definition) is 1. The van der Waals surface area contributed by atoms with Crippen molar-refractivity contribution in [2.45, 2.75) is 39.7 Å². The molecule has 1 N–H and O–H groups in total. The summed E-state index contributed by atoms with van der Waals surface area (Å²) >= 11 is 1.47. The van der Waals surface area contributed by atoms with Crippen LogP contribution in [-0.4, -0.2) is 25.7 Å². The molecular weight excluding hydrogens is 334 g/mol. The third-order valence-corrected chi connectivity index (χ3v) is 5.39. The number of thiazole rings is 1. The van der Waals surface area contributed by atoms with Gasteiger partial charge in [0.25, 0.3) is 5.91 Å². The molecule has 0 bridgehead atoms. The fourth-order valence-corrected chi connectivity index (χ4v) is 3.45. The Bertz CT molecular complexity index is 852. The quantitative estimate of drug-likeness (QED) is 0.758. The standard InChI is InChI=1S/C18H21N5OS/c1-11(2)18-22-13(4)16(25-18)17(24)21-12(3)14-5-7-15(8-6-14)23-10-19-9-20-23/h5-12H,1-4H3,(H,21,24). The van der Waals surface area contributed by atoms with Crippen LogP contribution in [0.2, 0.25) is 0 Å². The lowest BCUT2D eigenvalue weighted by Gasteiger charge is -2.14. The second-order valence-corrected chi connectivity index (χ2v) is 7.28. The number of carbonyl (C=O) groups is 1. The van der Waals surface area contributed by atoms with Gasteiger partial charge in [-0.2, -0.15) is 5.10 Å². The Hall–Kier alpha value is -2.54. The van der Waals surface area contributed by atoms with Gasteiger partial charge in [0.05, 0.1) is 22.4 Å². The van der Waals surface area contributed by atoms with Gasteiger partial charge in [-0.05, 0) is 31.5 Å². The van der Waals surface area contributed by atoms with E-state index < -0.39 is 0 Å². The topological polar surface area (TPSA) is 72.7 Å². The minimum atomic E-state index is -0.0960. The molecule has 0 spiro atoms. The molecule has 3 rings (SSSR count). The molecule has 0 aliphatic carbocycles. The number of nitrogens with zero attached hydrogens (tertiary/aromatic N) is 4. The number of aromatic nitrogens is 4. The van der Waals surface area contributed by atoms with Gasteiger partial charge in [-0.15, -0.1) is 11.3 Å². The average molecular weight is 355 g/mol. The zero-order valence-corrected chi connectivity index (χ0v) is 15.5. The van der Waals surface area contributed by atoms with Crippen LogP contribution >= 0.6 is 11.3 Å². The van der Waals surface area contributed by atoms with E-state index in [1.807, 2.05) is 38.1 Å². The van der Waals surface area contributed by atoms with Crippen molar-refractivity contribution in [2.24, 2.45) is 0 Å². The first kappa shape index (κ1) is 17.3. The molecule has 7 heteroatoms. The van der Waals surface area contributed by atoms with Crippen LogP contribution in [-0.2, 0) is 0 Å². The van der Waals surface area contributed by atoms with Gasteiger partial charge in [0.15, 0.2) is 0 Å². The summed E-state index contributed by atoms with van der Waals surface area (Å²) in [5.74, 6) is 0.252. The highest BCUT2D eigenvalue weighted by Gasteiger charge is 2.19. The average Bonchev–Trinajstić information content (AvgIpc) is 3.24. The maximum atomic E-state index is 12.6. The van der Waals surface area contributed by atoms with Gasteiger partial charge < -0.3 is 5.32 Å². The van der Waals surface area contributed by atoms with Crippen molar-refractivity contribution in [1.82, 2.24) is 25.1 Å². The lowest BCUT2D eigenvalue weighted by atomic mass is 10.1. The summed E-state index contributed by atoms with van der Waals surface area (Å²) in [5, 5.41) is 8.16. The summed E-state index contributed by atoms with van der Waals surface area (Å²) in [4.78, 5) is 21.7. The highest BCUT2D eigenvalue weighted by Crippen LogP contribution is 2.25. The molecule has 6 nitrogen and oxygen atoms in total. The van der Waals surface area contributed by atoms with Crippen molar-refractivity contribution >= 4 is 17.2 Å². The lowest BCUT2D eigenvalue weighted by Crippen LogP contribution is -2.26. The van der Waals surface area contributed by atoms with Gasteiger partial charge in [0.1, 0.15) is 17.5 Å². The molecule has 1 aromatic carbocycles. The fourth-order valence-electron chi connectivity index (χ4n) is 2.48. The molecule has 0 aliphatic rings. The summed E-state index contributed by atoms with van der Waals surface area (Å²) in [7, 11) is 0. The van der Waals surface area contributed by atoms with Gasteiger partial charge in [-0.1, -0.05) is 26.0 Å². The minimum Gasteiger partial charge on any atom is -0.345 e. The van der Waals surface area contributed by atoms with Crippen molar-refractivity contribution in [3.8, 4) is 5.69 Å². The minimum absolute atomic E-state index is 0.0743. The van der Waals surface area contributed by atoms with Crippen molar-refractivity contribution in [3.05, 3.63) is 58.1 Å². The third kappa shape index (κ3) is 3.76. The number of hydrogen-bond acceptors (Lipinski definition) is 5. The van der Waals surface area contributed by atoms with Gasteiger partial charge in [0.2, 0.25) is 0 Å².